The molecular weight excluding hydrogens is 270 g/mol. The maximum absolute atomic E-state index is 12.1. The third kappa shape index (κ3) is 4.14. The van der Waals surface area contributed by atoms with Crippen molar-refractivity contribution in [3.05, 3.63) is 28.2 Å². The van der Waals surface area contributed by atoms with Gasteiger partial charge in [0.05, 0.1) is 5.60 Å². The zero-order chi connectivity index (χ0) is 15.3. The second-order valence-electron chi connectivity index (χ2n) is 5.75. The third-order valence-electron chi connectivity index (χ3n) is 3.90. The lowest BCUT2D eigenvalue weighted by atomic mass is 9.85. The molecule has 1 amide bonds. The zero-order valence-electron chi connectivity index (χ0n) is 12.5. The second-order valence-corrected chi connectivity index (χ2v) is 5.75. The van der Waals surface area contributed by atoms with Gasteiger partial charge in [-0.15, -0.1) is 0 Å². The molecule has 0 unspecified atom stereocenters. The topological polar surface area (TPSA) is 84.2 Å². The normalized spacial score (nSPS) is 17.4. The van der Waals surface area contributed by atoms with Gasteiger partial charge in [0, 0.05) is 19.2 Å². The number of carbonyl (C=O) groups excluding carboxylic acids is 1. The van der Waals surface area contributed by atoms with Gasteiger partial charge >= 0.3 is 0 Å². The van der Waals surface area contributed by atoms with Crippen LogP contribution in [0.5, 0.6) is 0 Å². The molecule has 1 heterocycles. The van der Waals surface area contributed by atoms with E-state index in [1.54, 1.807) is 0 Å². The van der Waals surface area contributed by atoms with E-state index in [2.05, 4.69) is 10.4 Å². The van der Waals surface area contributed by atoms with E-state index in [0.717, 1.165) is 38.5 Å². The lowest BCUT2D eigenvalue weighted by molar-refractivity contribution is 0.00519. The summed E-state index contributed by atoms with van der Waals surface area (Å²) >= 11 is 0. The third-order valence-corrected chi connectivity index (χ3v) is 3.90. The van der Waals surface area contributed by atoms with Crippen molar-refractivity contribution in [3.8, 4) is 0 Å². The predicted octanol–water partition coefficient (Wildman–Crippen LogP) is 1.08. The molecule has 116 valence electrons. The molecule has 6 nitrogen and oxygen atoms in total. The molecule has 1 aliphatic carbocycles. The van der Waals surface area contributed by atoms with Crippen molar-refractivity contribution in [2.75, 3.05) is 6.54 Å². The van der Waals surface area contributed by atoms with E-state index < -0.39 is 5.60 Å². The van der Waals surface area contributed by atoms with Crippen LogP contribution >= 0.6 is 0 Å². The minimum Gasteiger partial charge on any atom is -0.388 e. The van der Waals surface area contributed by atoms with Crippen LogP contribution in [0.25, 0.3) is 0 Å². The SMILES string of the molecule is CCCn1nc(C(=O)NCC2(O)CCCCC2)ccc1=O. The molecule has 1 fully saturated rings. The minimum absolute atomic E-state index is 0.209. The van der Waals surface area contributed by atoms with Gasteiger partial charge in [0.2, 0.25) is 0 Å². The van der Waals surface area contributed by atoms with Gasteiger partial charge in [0.15, 0.2) is 0 Å². The number of hydrogen-bond acceptors (Lipinski definition) is 4. The summed E-state index contributed by atoms with van der Waals surface area (Å²) < 4.78 is 1.30. The molecule has 1 aromatic heterocycles. The van der Waals surface area contributed by atoms with Crippen molar-refractivity contribution >= 4 is 5.91 Å². The summed E-state index contributed by atoms with van der Waals surface area (Å²) in [5.41, 5.74) is -0.798. The van der Waals surface area contributed by atoms with E-state index in [4.69, 9.17) is 0 Å². The second kappa shape index (κ2) is 6.85. The molecule has 1 saturated carbocycles. The van der Waals surface area contributed by atoms with E-state index in [1.807, 2.05) is 6.92 Å². The molecule has 6 heteroatoms. The molecule has 0 saturated heterocycles. The summed E-state index contributed by atoms with van der Waals surface area (Å²) in [5.74, 6) is -0.348. The molecule has 2 rings (SSSR count). The predicted molar refractivity (Wildman–Crippen MR) is 79.2 cm³/mol. The average molecular weight is 293 g/mol. The number of amides is 1. The Balaban J connectivity index is 2.00. The Hall–Kier alpha value is -1.69. The molecule has 1 aliphatic rings. The Morgan fingerprint density at radius 1 is 1.38 bits per heavy atom. The fourth-order valence-corrected chi connectivity index (χ4v) is 2.66. The Morgan fingerprint density at radius 3 is 2.76 bits per heavy atom. The number of aromatic nitrogens is 2. The van der Waals surface area contributed by atoms with Crippen molar-refractivity contribution in [2.45, 2.75) is 57.6 Å². The summed E-state index contributed by atoms with van der Waals surface area (Å²) in [7, 11) is 0. The molecule has 0 aromatic carbocycles. The Bertz CT molecular complexity index is 547. The molecule has 0 atom stereocenters. The lowest BCUT2D eigenvalue weighted by Crippen LogP contribution is -2.44. The minimum atomic E-state index is -0.800. The summed E-state index contributed by atoms with van der Waals surface area (Å²) in [6.45, 7) is 2.67. The van der Waals surface area contributed by atoms with E-state index in [0.29, 0.717) is 6.54 Å². The molecule has 0 aliphatic heterocycles. The Kier molecular flexibility index (Phi) is 5.12. The molecule has 0 radical (unpaired) electrons. The van der Waals surface area contributed by atoms with Crippen LogP contribution in [0.2, 0.25) is 0 Å². The highest BCUT2D eigenvalue weighted by atomic mass is 16.3. The van der Waals surface area contributed by atoms with E-state index in [9.17, 15) is 14.7 Å². The standard InChI is InChI=1S/C15H23N3O3/c1-2-10-18-13(19)7-6-12(17-18)14(20)16-11-15(21)8-4-3-5-9-15/h6-7,21H,2-5,8-11H2,1H3,(H,16,20). The quantitative estimate of drug-likeness (QED) is 0.851. The van der Waals surface area contributed by atoms with Crippen LogP contribution in [-0.2, 0) is 6.54 Å². The molecule has 1 aromatic rings. The zero-order valence-corrected chi connectivity index (χ0v) is 12.5. The smallest absolute Gasteiger partial charge is 0.271 e. The van der Waals surface area contributed by atoms with Crippen molar-refractivity contribution in [3.63, 3.8) is 0 Å². The lowest BCUT2D eigenvalue weighted by Gasteiger charge is -2.32. The van der Waals surface area contributed by atoms with Crippen LogP contribution in [0.15, 0.2) is 16.9 Å². The average Bonchev–Trinajstić information content (AvgIpc) is 2.48. The largest absolute Gasteiger partial charge is 0.388 e. The first-order chi connectivity index (χ1) is 10.0. The highest BCUT2D eigenvalue weighted by Crippen LogP contribution is 2.27. The van der Waals surface area contributed by atoms with Crippen molar-refractivity contribution in [1.82, 2.24) is 15.1 Å². The van der Waals surface area contributed by atoms with Gasteiger partial charge in [-0.2, -0.15) is 5.10 Å². The number of aliphatic hydroxyl groups is 1. The Labute approximate surface area is 124 Å². The first-order valence-corrected chi connectivity index (χ1v) is 7.63. The van der Waals surface area contributed by atoms with Crippen LogP contribution < -0.4 is 10.9 Å². The maximum atomic E-state index is 12.1. The van der Waals surface area contributed by atoms with Crippen LogP contribution in [0.1, 0.15) is 55.9 Å². The van der Waals surface area contributed by atoms with Crippen LogP contribution in [-0.4, -0.2) is 32.9 Å². The van der Waals surface area contributed by atoms with Gasteiger partial charge in [-0.25, -0.2) is 4.68 Å². The fourth-order valence-electron chi connectivity index (χ4n) is 2.66. The van der Waals surface area contributed by atoms with E-state index in [1.165, 1.54) is 16.8 Å². The van der Waals surface area contributed by atoms with Crippen molar-refractivity contribution in [1.29, 1.82) is 0 Å². The molecule has 21 heavy (non-hydrogen) atoms. The summed E-state index contributed by atoms with van der Waals surface area (Å²) in [6.07, 6.45) is 5.33. The van der Waals surface area contributed by atoms with E-state index >= 15 is 0 Å². The highest BCUT2D eigenvalue weighted by molar-refractivity contribution is 5.92. The number of nitrogens with zero attached hydrogens (tertiary/aromatic N) is 2. The number of hydrogen-bond donors (Lipinski definition) is 2. The summed E-state index contributed by atoms with van der Waals surface area (Å²) in [6, 6.07) is 2.78. The van der Waals surface area contributed by atoms with Crippen molar-refractivity contribution < 1.29 is 9.90 Å². The van der Waals surface area contributed by atoms with Gasteiger partial charge in [-0.1, -0.05) is 26.2 Å². The summed E-state index contributed by atoms with van der Waals surface area (Å²) in [4.78, 5) is 23.7. The number of aryl methyl sites for hydroxylation is 1. The maximum Gasteiger partial charge on any atom is 0.271 e. The van der Waals surface area contributed by atoms with Gasteiger partial charge in [-0.3, -0.25) is 9.59 Å². The van der Waals surface area contributed by atoms with Gasteiger partial charge in [0.25, 0.3) is 11.5 Å². The fraction of sp³-hybridized carbons (Fsp3) is 0.667. The first kappa shape index (κ1) is 15.7. The monoisotopic (exact) mass is 293 g/mol. The van der Waals surface area contributed by atoms with E-state index in [-0.39, 0.29) is 23.7 Å². The molecule has 0 bridgehead atoms. The first-order valence-electron chi connectivity index (χ1n) is 7.63. The van der Waals surface area contributed by atoms with Gasteiger partial charge < -0.3 is 10.4 Å². The van der Waals surface area contributed by atoms with Gasteiger partial charge in [-0.05, 0) is 25.3 Å². The molecule has 0 spiro atoms. The molecular formula is C15H23N3O3. The number of rotatable bonds is 5. The highest BCUT2D eigenvalue weighted by Gasteiger charge is 2.29. The Morgan fingerprint density at radius 2 is 2.10 bits per heavy atom. The molecule has 2 N–H and O–H groups in total. The van der Waals surface area contributed by atoms with Crippen molar-refractivity contribution in [2.24, 2.45) is 0 Å². The number of nitrogens with one attached hydrogen (secondary N) is 1. The number of carbonyl (C=O) groups is 1. The van der Waals surface area contributed by atoms with Crippen LogP contribution in [0.4, 0.5) is 0 Å². The van der Waals surface area contributed by atoms with Crippen LogP contribution in [0, 0.1) is 0 Å². The van der Waals surface area contributed by atoms with Crippen LogP contribution in [0.3, 0.4) is 0 Å². The summed E-state index contributed by atoms with van der Waals surface area (Å²) in [5, 5.41) is 17.1. The van der Waals surface area contributed by atoms with Gasteiger partial charge in [0.1, 0.15) is 5.69 Å².